The molecule has 1 aliphatic carbocycles. The van der Waals surface area contributed by atoms with Gasteiger partial charge in [0.25, 0.3) is 0 Å². The van der Waals surface area contributed by atoms with E-state index in [1.807, 2.05) is 6.07 Å². The molecule has 0 spiro atoms. The molecule has 1 saturated carbocycles. The van der Waals surface area contributed by atoms with Crippen molar-refractivity contribution in [3.05, 3.63) is 35.4 Å². The second kappa shape index (κ2) is 6.89. The molecule has 20 heavy (non-hydrogen) atoms. The van der Waals surface area contributed by atoms with E-state index < -0.39 is 0 Å². The Kier molecular flexibility index (Phi) is 5.18. The molecular formula is C17H26N2O. The van der Waals surface area contributed by atoms with E-state index in [9.17, 15) is 4.79 Å². The van der Waals surface area contributed by atoms with Crippen LogP contribution in [0.2, 0.25) is 0 Å². The molecule has 1 aromatic rings. The summed E-state index contributed by atoms with van der Waals surface area (Å²) in [5.41, 5.74) is 2.56. The molecule has 1 N–H and O–H groups in total. The molecule has 3 nitrogen and oxygen atoms in total. The minimum atomic E-state index is 0.218. The Balaban J connectivity index is 1.95. The first-order chi connectivity index (χ1) is 9.65. The van der Waals surface area contributed by atoms with Crippen molar-refractivity contribution in [2.75, 3.05) is 13.1 Å². The third-order valence-corrected chi connectivity index (χ3v) is 4.31. The number of nitrogens with one attached hydrogen (secondary N) is 1. The standard InChI is InChI=1S/C17H26N2O/c1-4-19(5-2)12-15-9-7-6-8-14(15)11-18-17(20)16-10-13(16)3/h6-9,13,16H,4-5,10-12H2,1-3H3,(H,18,20)/t13-,16+/m1/s1. The Morgan fingerprint density at radius 2 is 1.85 bits per heavy atom. The van der Waals surface area contributed by atoms with Crippen LogP contribution < -0.4 is 5.32 Å². The molecular weight excluding hydrogens is 248 g/mol. The highest BCUT2D eigenvalue weighted by molar-refractivity contribution is 5.81. The highest BCUT2D eigenvalue weighted by Crippen LogP contribution is 2.37. The van der Waals surface area contributed by atoms with Crippen LogP contribution in [0, 0.1) is 11.8 Å². The molecule has 0 radical (unpaired) electrons. The SMILES string of the molecule is CCN(CC)Cc1ccccc1CNC(=O)[C@H]1C[C@H]1C. The van der Waals surface area contributed by atoms with Crippen molar-refractivity contribution in [2.45, 2.75) is 40.3 Å². The van der Waals surface area contributed by atoms with Crippen molar-refractivity contribution >= 4 is 5.91 Å². The average molecular weight is 274 g/mol. The van der Waals surface area contributed by atoms with E-state index >= 15 is 0 Å². The maximum atomic E-state index is 11.9. The van der Waals surface area contributed by atoms with Crippen molar-refractivity contribution in [3.8, 4) is 0 Å². The molecule has 0 aliphatic heterocycles. The van der Waals surface area contributed by atoms with Crippen molar-refractivity contribution in [1.82, 2.24) is 10.2 Å². The smallest absolute Gasteiger partial charge is 0.223 e. The van der Waals surface area contributed by atoms with E-state index in [1.54, 1.807) is 0 Å². The van der Waals surface area contributed by atoms with Crippen LogP contribution >= 0.6 is 0 Å². The predicted molar refractivity (Wildman–Crippen MR) is 82.2 cm³/mol. The van der Waals surface area contributed by atoms with Crippen molar-refractivity contribution < 1.29 is 4.79 Å². The normalized spacial score (nSPS) is 21.0. The average Bonchev–Trinajstić information content (AvgIpc) is 3.20. The van der Waals surface area contributed by atoms with Gasteiger partial charge in [-0.15, -0.1) is 0 Å². The fraction of sp³-hybridized carbons (Fsp3) is 0.588. The molecule has 110 valence electrons. The van der Waals surface area contributed by atoms with Crippen LogP contribution in [0.15, 0.2) is 24.3 Å². The molecule has 1 aliphatic rings. The third kappa shape index (κ3) is 3.83. The molecule has 0 saturated heterocycles. The summed E-state index contributed by atoms with van der Waals surface area (Å²) in [5, 5.41) is 3.08. The summed E-state index contributed by atoms with van der Waals surface area (Å²) in [6.45, 7) is 10.2. The van der Waals surface area contributed by atoms with Gasteiger partial charge in [-0.05, 0) is 36.6 Å². The number of nitrogens with zero attached hydrogens (tertiary/aromatic N) is 1. The molecule has 1 amide bonds. The van der Waals surface area contributed by atoms with Gasteiger partial charge in [-0.3, -0.25) is 9.69 Å². The summed E-state index contributed by atoms with van der Waals surface area (Å²) >= 11 is 0. The van der Waals surface area contributed by atoms with Crippen LogP contribution in [0.4, 0.5) is 0 Å². The van der Waals surface area contributed by atoms with Gasteiger partial charge in [0.05, 0.1) is 0 Å². The van der Waals surface area contributed by atoms with Gasteiger partial charge in [0.1, 0.15) is 0 Å². The lowest BCUT2D eigenvalue weighted by atomic mass is 10.1. The highest BCUT2D eigenvalue weighted by Gasteiger charge is 2.38. The summed E-state index contributed by atoms with van der Waals surface area (Å²) in [5.74, 6) is 1.04. The first kappa shape index (κ1) is 15.0. The summed E-state index contributed by atoms with van der Waals surface area (Å²) in [4.78, 5) is 14.3. The van der Waals surface area contributed by atoms with Gasteiger partial charge in [-0.25, -0.2) is 0 Å². The lowest BCUT2D eigenvalue weighted by molar-refractivity contribution is -0.122. The second-order valence-electron chi connectivity index (χ2n) is 5.77. The molecule has 0 unspecified atom stereocenters. The number of hydrogen-bond acceptors (Lipinski definition) is 2. The van der Waals surface area contributed by atoms with Gasteiger partial charge in [0.15, 0.2) is 0 Å². The molecule has 0 heterocycles. The molecule has 0 bridgehead atoms. The quantitative estimate of drug-likeness (QED) is 0.829. The third-order valence-electron chi connectivity index (χ3n) is 4.31. The van der Waals surface area contributed by atoms with Crippen LogP contribution in [-0.4, -0.2) is 23.9 Å². The van der Waals surface area contributed by atoms with E-state index in [1.165, 1.54) is 11.1 Å². The highest BCUT2D eigenvalue weighted by atomic mass is 16.2. The van der Waals surface area contributed by atoms with Gasteiger partial charge in [0.2, 0.25) is 5.91 Å². The fourth-order valence-corrected chi connectivity index (χ4v) is 2.57. The van der Waals surface area contributed by atoms with Gasteiger partial charge in [-0.1, -0.05) is 45.0 Å². The van der Waals surface area contributed by atoms with E-state index in [2.05, 4.69) is 49.2 Å². The largest absolute Gasteiger partial charge is 0.352 e. The van der Waals surface area contributed by atoms with Crippen LogP contribution in [0.25, 0.3) is 0 Å². The Morgan fingerprint density at radius 1 is 1.25 bits per heavy atom. The zero-order valence-electron chi connectivity index (χ0n) is 12.9. The summed E-state index contributed by atoms with van der Waals surface area (Å²) in [7, 11) is 0. The summed E-state index contributed by atoms with van der Waals surface area (Å²) < 4.78 is 0. The fourth-order valence-electron chi connectivity index (χ4n) is 2.57. The number of rotatable bonds is 7. The zero-order chi connectivity index (χ0) is 14.5. The molecule has 2 rings (SSSR count). The predicted octanol–water partition coefficient (Wildman–Crippen LogP) is 2.80. The maximum absolute atomic E-state index is 11.9. The first-order valence-electron chi connectivity index (χ1n) is 7.72. The molecule has 1 fully saturated rings. The van der Waals surface area contributed by atoms with Crippen LogP contribution in [0.1, 0.15) is 38.3 Å². The van der Waals surface area contributed by atoms with E-state index in [-0.39, 0.29) is 11.8 Å². The van der Waals surface area contributed by atoms with Crippen LogP contribution in [-0.2, 0) is 17.9 Å². The van der Waals surface area contributed by atoms with Gasteiger partial charge in [-0.2, -0.15) is 0 Å². The minimum absolute atomic E-state index is 0.218. The Bertz CT molecular complexity index is 454. The monoisotopic (exact) mass is 274 g/mol. The topological polar surface area (TPSA) is 32.3 Å². The number of carbonyl (C=O) groups is 1. The number of carbonyl (C=O) groups excluding carboxylic acids is 1. The molecule has 0 aromatic heterocycles. The van der Waals surface area contributed by atoms with Crippen molar-refractivity contribution in [3.63, 3.8) is 0 Å². The second-order valence-corrected chi connectivity index (χ2v) is 5.77. The van der Waals surface area contributed by atoms with Crippen LogP contribution in [0.3, 0.4) is 0 Å². The van der Waals surface area contributed by atoms with Gasteiger partial charge in [0, 0.05) is 19.0 Å². The summed E-state index contributed by atoms with van der Waals surface area (Å²) in [6.07, 6.45) is 1.05. The van der Waals surface area contributed by atoms with Crippen molar-refractivity contribution in [2.24, 2.45) is 11.8 Å². The first-order valence-corrected chi connectivity index (χ1v) is 7.72. The lowest BCUT2D eigenvalue weighted by Crippen LogP contribution is -2.27. The Morgan fingerprint density at radius 3 is 2.40 bits per heavy atom. The maximum Gasteiger partial charge on any atom is 0.223 e. The molecule has 2 atom stereocenters. The van der Waals surface area contributed by atoms with E-state index in [0.717, 1.165) is 26.1 Å². The van der Waals surface area contributed by atoms with E-state index in [4.69, 9.17) is 0 Å². The lowest BCUT2D eigenvalue weighted by Gasteiger charge is -2.20. The number of hydrogen-bond donors (Lipinski definition) is 1. The van der Waals surface area contributed by atoms with Gasteiger partial charge >= 0.3 is 0 Å². The zero-order valence-corrected chi connectivity index (χ0v) is 12.9. The molecule has 1 aromatic carbocycles. The number of amides is 1. The minimum Gasteiger partial charge on any atom is -0.352 e. The summed E-state index contributed by atoms with van der Waals surface area (Å²) in [6, 6.07) is 8.41. The van der Waals surface area contributed by atoms with Crippen LogP contribution in [0.5, 0.6) is 0 Å². The van der Waals surface area contributed by atoms with E-state index in [0.29, 0.717) is 12.5 Å². The Hall–Kier alpha value is -1.35. The van der Waals surface area contributed by atoms with Crippen molar-refractivity contribution in [1.29, 1.82) is 0 Å². The van der Waals surface area contributed by atoms with Gasteiger partial charge < -0.3 is 5.32 Å². The Labute approximate surface area is 122 Å². The molecule has 3 heteroatoms. The number of benzene rings is 1.